The van der Waals surface area contributed by atoms with Gasteiger partial charge in [0.2, 0.25) is 0 Å². The lowest BCUT2D eigenvalue weighted by molar-refractivity contribution is 0.226. The van der Waals surface area contributed by atoms with Gasteiger partial charge in [-0.15, -0.1) is 0 Å². The van der Waals surface area contributed by atoms with Gasteiger partial charge >= 0.3 is 0 Å². The van der Waals surface area contributed by atoms with Crippen molar-refractivity contribution in [3.05, 3.63) is 24.2 Å². The van der Waals surface area contributed by atoms with Gasteiger partial charge in [0.25, 0.3) is 0 Å². The molecule has 0 saturated heterocycles. The average Bonchev–Trinajstić information content (AvgIpc) is 2.95. The van der Waals surface area contributed by atoms with Gasteiger partial charge in [-0.1, -0.05) is 32.3 Å². The molecule has 0 bridgehead atoms. The zero-order chi connectivity index (χ0) is 12.0. The van der Waals surface area contributed by atoms with Gasteiger partial charge in [-0.2, -0.15) is 0 Å². The standard InChI is InChI=1S/C13H24O2Si/c1-5-6-7-8-12(15-16(2,3)4)9-10-13-11-14-13/h9-12H,5-8H2,1-4H3. The molecule has 0 amide bonds. The van der Waals surface area contributed by atoms with Crippen LogP contribution in [0.2, 0.25) is 19.6 Å². The fraction of sp³-hybridized carbons (Fsp3) is 0.692. The quantitative estimate of drug-likeness (QED) is 0.468. The van der Waals surface area contributed by atoms with Crippen LogP contribution in [0.4, 0.5) is 0 Å². The average molecular weight is 240 g/mol. The Labute approximate surface area is 100 Å². The van der Waals surface area contributed by atoms with Crippen LogP contribution >= 0.6 is 0 Å². The number of hydrogen-bond donors (Lipinski definition) is 0. The predicted molar refractivity (Wildman–Crippen MR) is 70.7 cm³/mol. The second-order valence-electron chi connectivity index (χ2n) is 5.26. The first-order chi connectivity index (χ1) is 7.51. The highest BCUT2D eigenvalue weighted by molar-refractivity contribution is 6.69. The first kappa shape index (κ1) is 13.5. The van der Waals surface area contributed by atoms with Crippen molar-refractivity contribution < 1.29 is 9.16 Å². The summed E-state index contributed by atoms with van der Waals surface area (Å²) in [6.07, 6.45) is 11.1. The van der Waals surface area contributed by atoms with Gasteiger partial charge in [0.15, 0.2) is 14.1 Å². The molecule has 0 N–H and O–H groups in total. The van der Waals surface area contributed by atoms with Crippen LogP contribution in [0.1, 0.15) is 32.6 Å². The molecule has 0 aliphatic carbocycles. The smallest absolute Gasteiger partial charge is 0.184 e. The molecule has 0 aromatic rings. The SMILES string of the molecule is CCCCCC(C=CC1=CO1)O[Si](C)(C)C. The van der Waals surface area contributed by atoms with Gasteiger partial charge in [0.1, 0.15) is 6.26 Å². The highest BCUT2D eigenvalue weighted by atomic mass is 28.4. The van der Waals surface area contributed by atoms with Gasteiger partial charge < -0.3 is 9.16 Å². The van der Waals surface area contributed by atoms with Gasteiger partial charge in [0, 0.05) is 0 Å². The molecule has 0 aromatic heterocycles. The van der Waals surface area contributed by atoms with Crippen molar-refractivity contribution in [2.75, 3.05) is 0 Å². The van der Waals surface area contributed by atoms with Crippen molar-refractivity contribution in [1.29, 1.82) is 0 Å². The maximum Gasteiger partial charge on any atom is 0.184 e. The molecule has 92 valence electrons. The summed E-state index contributed by atoms with van der Waals surface area (Å²) in [7, 11) is -1.44. The lowest BCUT2D eigenvalue weighted by Gasteiger charge is -2.24. The van der Waals surface area contributed by atoms with E-state index in [0.717, 1.165) is 12.2 Å². The minimum absolute atomic E-state index is 0.267. The number of allylic oxidation sites excluding steroid dienone is 1. The normalized spacial score (nSPS) is 17.1. The molecule has 16 heavy (non-hydrogen) atoms. The van der Waals surface area contributed by atoms with Crippen molar-refractivity contribution in [3.63, 3.8) is 0 Å². The molecule has 1 aliphatic heterocycles. The summed E-state index contributed by atoms with van der Waals surface area (Å²) in [6.45, 7) is 8.94. The Morgan fingerprint density at radius 3 is 2.56 bits per heavy atom. The van der Waals surface area contributed by atoms with Crippen LogP contribution in [-0.2, 0) is 9.16 Å². The molecular formula is C13H24O2Si. The zero-order valence-corrected chi connectivity index (χ0v) is 12.0. The van der Waals surface area contributed by atoms with Crippen molar-refractivity contribution in [3.8, 4) is 0 Å². The monoisotopic (exact) mass is 240 g/mol. The summed E-state index contributed by atoms with van der Waals surface area (Å²) in [4.78, 5) is 0. The van der Waals surface area contributed by atoms with Crippen LogP contribution in [0, 0.1) is 0 Å². The number of rotatable bonds is 8. The first-order valence-electron chi connectivity index (χ1n) is 6.24. The molecule has 1 unspecified atom stereocenters. The maximum absolute atomic E-state index is 6.13. The lowest BCUT2D eigenvalue weighted by Crippen LogP contribution is -2.31. The third-order valence-corrected chi connectivity index (χ3v) is 3.34. The summed E-state index contributed by atoms with van der Waals surface area (Å²) >= 11 is 0. The summed E-state index contributed by atoms with van der Waals surface area (Å²) in [5.74, 6) is 0.972. The Hall–Kier alpha value is -0.543. The van der Waals surface area contributed by atoms with Crippen LogP contribution in [0.3, 0.4) is 0 Å². The van der Waals surface area contributed by atoms with Crippen molar-refractivity contribution in [2.24, 2.45) is 0 Å². The van der Waals surface area contributed by atoms with Crippen LogP contribution in [-0.4, -0.2) is 14.4 Å². The van der Waals surface area contributed by atoms with Crippen LogP contribution in [0.5, 0.6) is 0 Å². The Balaban J connectivity index is 2.36. The molecule has 1 aliphatic rings. The number of ether oxygens (including phenoxy) is 1. The molecule has 0 radical (unpaired) electrons. The van der Waals surface area contributed by atoms with E-state index in [9.17, 15) is 0 Å². The first-order valence-corrected chi connectivity index (χ1v) is 9.65. The van der Waals surface area contributed by atoms with E-state index in [1.54, 1.807) is 6.26 Å². The lowest BCUT2D eigenvalue weighted by atomic mass is 10.1. The second-order valence-corrected chi connectivity index (χ2v) is 9.72. The van der Waals surface area contributed by atoms with E-state index < -0.39 is 8.32 Å². The largest absolute Gasteiger partial charge is 0.458 e. The molecule has 1 heterocycles. The van der Waals surface area contributed by atoms with E-state index >= 15 is 0 Å². The molecule has 2 nitrogen and oxygen atoms in total. The molecular weight excluding hydrogens is 216 g/mol. The molecule has 0 aromatic carbocycles. The van der Waals surface area contributed by atoms with Gasteiger partial charge in [-0.3, -0.25) is 0 Å². The minimum atomic E-state index is -1.44. The number of unbranched alkanes of at least 4 members (excludes halogenated alkanes) is 2. The molecule has 1 rings (SSSR count). The number of hydrogen-bond acceptors (Lipinski definition) is 2. The molecule has 3 heteroatoms. The Kier molecular flexibility index (Phi) is 5.29. The fourth-order valence-corrected chi connectivity index (χ4v) is 2.66. The van der Waals surface area contributed by atoms with Crippen LogP contribution in [0.15, 0.2) is 24.2 Å². The van der Waals surface area contributed by atoms with Crippen LogP contribution in [0.25, 0.3) is 0 Å². The molecule has 1 atom stereocenters. The fourth-order valence-electron chi connectivity index (χ4n) is 1.56. The van der Waals surface area contributed by atoms with Gasteiger partial charge in [-0.25, -0.2) is 0 Å². The Morgan fingerprint density at radius 1 is 1.38 bits per heavy atom. The third-order valence-electron chi connectivity index (χ3n) is 2.33. The second kappa shape index (κ2) is 6.26. The molecule has 0 saturated carbocycles. The summed E-state index contributed by atoms with van der Waals surface area (Å²) in [5.41, 5.74) is 0. The topological polar surface area (TPSA) is 21.8 Å². The Bertz CT molecular complexity index is 264. The minimum Gasteiger partial charge on any atom is -0.458 e. The maximum atomic E-state index is 6.13. The van der Waals surface area contributed by atoms with Crippen molar-refractivity contribution in [1.82, 2.24) is 0 Å². The van der Waals surface area contributed by atoms with Gasteiger partial charge in [0.05, 0.1) is 6.10 Å². The van der Waals surface area contributed by atoms with Crippen molar-refractivity contribution in [2.45, 2.75) is 58.4 Å². The van der Waals surface area contributed by atoms with E-state index in [1.165, 1.54) is 19.3 Å². The molecule has 0 spiro atoms. The van der Waals surface area contributed by atoms with Crippen LogP contribution < -0.4 is 0 Å². The van der Waals surface area contributed by atoms with Gasteiger partial charge in [-0.05, 0) is 32.1 Å². The zero-order valence-electron chi connectivity index (χ0n) is 11.0. The summed E-state index contributed by atoms with van der Waals surface area (Å²) < 4.78 is 11.1. The third kappa shape index (κ3) is 6.85. The Morgan fingerprint density at radius 2 is 2.06 bits per heavy atom. The van der Waals surface area contributed by atoms with E-state index in [-0.39, 0.29) is 6.10 Å². The van der Waals surface area contributed by atoms with E-state index in [4.69, 9.17) is 9.16 Å². The van der Waals surface area contributed by atoms with E-state index in [0.29, 0.717) is 0 Å². The molecule has 0 fully saturated rings. The highest BCUT2D eigenvalue weighted by Gasteiger charge is 2.19. The van der Waals surface area contributed by atoms with Crippen molar-refractivity contribution >= 4 is 8.32 Å². The summed E-state index contributed by atoms with van der Waals surface area (Å²) in [5, 5.41) is 0. The summed E-state index contributed by atoms with van der Waals surface area (Å²) in [6, 6.07) is 0. The highest BCUT2D eigenvalue weighted by Crippen LogP contribution is 2.19. The predicted octanol–water partition coefficient (Wildman–Crippen LogP) is 4.21. The van der Waals surface area contributed by atoms with E-state index in [2.05, 4.69) is 32.6 Å². The van der Waals surface area contributed by atoms with E-state index in [1.807, 2.05) is 6.08 Å².